The van der Waals surface area contributed by atoms with Crippen LogP contribution >= 0.6 is 11.8 Å². The predicted molar refractivity (Wildman–Crippen MR) is 60.0 cm³/mol. The Kier molecular flexibility index (Phi) is 3.35. The topological polar surface area (TPSA) is 67.4 Å². The molecule has 86 valence electrons. The summed E-state index contributed by atoms with van der Waals surface area (Å²) in [5.41, 5.74) is 0.530. The Balaban J connectivity index is 2.34. The van der Waals surface area contributed by atoms with Crippen molar-refractivity contribution in [3.8, 4) is 11.8 Å². The van der Waals surface area contributed by atoms with Gasteiger partial charge in [-0.05, 0) is 35.5 Å². The number of rotatable bonds is 3. The second-order valence-corrected chi connectivity index (χ2v) is 4.55. The van der Waals surface area contributed by atoms with Gasteiger partial charge in [-0.15, -0.1) is 5.10 Å². The van der Waals surface area contributed by atoms with E-state index in [9.17, 15) is 4.39 Å². The average Bonchev–Trinajstić information content (AvgIpc) is 2.77. The van der Waals surface area contributed by atoms with Gasteiger partial charge in [0.05, 0.1) is 17.0 Å². The van der Waals surface area contributed by atoms with Crippen molar-refractivity contribution in [2.75, 3.05) is 0 Å². The minimum absolute atomic E-state index is 0.270. The first-order chi connectivity index (χ1) is 8.20. The van der Waals surface area contributed by atoms with E-state index in [1.54, 1.807) is 19.1 Å². The Labute approximate surface area is 101 Å². The molecule has 0 amide bonds. The van der Waals surface area contributed by atoms with Gasteiger partial charge in [0.25, 0.3) is 0 Å². The fourth-order valence-electron chi connectivity index (χ4n) is 1.21. The number of tetrazole rings is 1. The molecule has 0 spiro atoms. The quantitative estimate of drug-likeness (QED) is 0.776. The molecule has 0 fully saturated rings. The first kappa shape index (κ1) is 11.5. The van der Waals surface area contributed by atoms with Crippen LogP contribution in [0.1, 0.15) is 6.92 Å². The molecule has 1 heterocycles. The number of thioether (sulfide) groups is 1. The van der Waals surface area contributed by atoms with Crippen LogP contribution in [0.3, 0.4) is 0 Å². The molecule has 0 bridgehead atoms. The molecule has 2 aromatic rings. The molecular weight excluding hydrogens is 241 g/mol. The molecule has 7 heteroatoms. The molecule has 0 N–H and O–H groups in total. The van der Waals surface area contributed by atoms with Gasteiger partial charge in [0.15, 0.2) is 0 Å². The molecule has 1 aromatic carbocycles. The Bertz CT molecular complexity index is 562. The normalized spacial score (nSPS) is 12.1. The number of nitriles is 1. The van der Waals surface area contributed by atoms with Crippen molar-refractivity contribution in [2.45, 2.75) is 17.3 Å². The molecule has 0 saturated carbocycles. The predicted octanol–water partition coefficient (Wildman–Crippen LogP) is 1.81. The smallest absolute Gasteiger partial charge is 0.207 e. The molecule has 0 radical (unpaired) electrons. The van der Waals surface area contributed by atoms with Crippen molar-refractivity contribution in [2.24, 2.45) is 0 Å². The van der Waals surface area contributed by atoms with Crippen LogP contribution in [0.15, 0.2) is 29.4 Å². The van der Waals surface area contributed by atoms with Crippen molar-refractivity contribution in [3.63, 3.8) is 0 Å². The lowest BCUT2D eigenvalue weighted by molar-refractivity contribution is 0.623. The Morgan fingerprint density at radius 3 is 3.06 bits per heavy atom. The molecule has 0 aliphatic heterocycles. The number of aromatic nitrogens is 4. The SMILES string of the molecule is C[C@@H](C#N)Sc1nnnn1-c1cccc(F)c1. The first-order valence-electron chi connectivity index (χ1n) is 4.81. The monoisotopic (exact) mass is 249 g/mol. The van der Waals surface area contributed by atoms with Gasteiger partial charge >= 0.3 is 0 Å². The molecular formula is C10H8FN5S. The third kappa shape index (κ3) is 2.60. The fourth-order valence-corrected chi connectivity index (χ4v) is 1.90. The van der Waals surface area contributed by atoms with E-state index in [1.165, 1.54) is 28.6 Å². The maximum atomic E-state index is 13.1. The zero-order chi connectivity index (χ0) is 12.3. The highest BCUT2D eigenvalue weighted by Gasteiger charge is 2.12. The minimum Gasteiger partial charge on any atom is -0.207 e. The number of benzene rings is 1. The fraction of sp³-hybridized carbons (Fsp3) is 0.200. The molecule has 0 aliphatic carbocycles. The third-order valence-corrected chi connectivity index (χ3v) is 2.88. The summed E-state index contributed by atoms with van der Waals surface area (Å²) in [7, 11) is 0. The first-order valence-corrected chi connectivity index (χ1v) is 5.69. The lowest BCUT2D eigenvalue weighted by Crippen LogP contribution is -2.01. The molecule has 0 saturated heterocycles. The number of halogens is 1. The highest BCUT2D eigenvalue weighted by atomic mass is 32.2. The van der Waals surface area contributed by atoms with Crippen molar-refractivity contribution in [1.82, 2.24) is 20.2 Å². The van der Waals surface area contributed by atoms with E-state index in [0.717, 1.165) is 0 Å². The van der Waals surface area contributed by atoms with E-state index in [0.29, 0.717) is 10.8 Å². The lowest BCUT2D eigenvalue weighted by atomic mass is 10.3. The summed E-state index contributed by atoms with van der Waals surface area (Å²) in [4.78, 5) is 0. The van der Waals surface area contributed by atoms with E-state index in [1.807, 2.05) is 0 Å². The van der Waals surface area contributed by atoms with Crippen molar-refractivity contribution < 1.29 is 4.39 Å². The van der Waals surface area contributed by atoms with Gasteiger partial charge in [0, 0.05) is 0 Å². The lowest BCUT2D eigenvalue weighted by Gasteiger charge is -2.04. The van der Waals surface area contributed by atoms with Gasteiger partial charge in [-0.1, -0.05) is 17.8 Å². The summed E-state index contributed by atoms with van der Waals surface area (Å²) in [6.45, 7) is 1.75. The van der Waals surface area contributed by atoms with Crippen molar-refractivity contribution in [3.05, 3.63) is 30.1 Å². The average molecular weight is 249 g/mol. The second-order valence-electron chi connectivity index (χ2n) is 3.24. The van der Waals surface area contributed by atoms with Gasteiger partial charge in [-0.25, -0.2) is 4.39 Å². The van der Waals surface area contributed by atoms with E-state index in [-0.39, 0.29) is 11.1 Å². The largest absolute Gasteiger partial charge is 0.215 e. The highest BCUT2D eigenvalue weighted by Crippen LogP contribution is 2.22. The number of nitrogens with zero attached hydrogens (tertiary/aromatic N) is 5. The van der Waals surface area contributed by atoms with E-state index in [4.69, 9.17) is 5.26 Å². The van der Waals surface area contributed by atoms with Crippen molar-refractivity contribution >= 4 is 11.8 Å². The van der Waals surface area contributed by atoms with Crippen LogP contribution in [0.5, 0.6) is 0 Å². The molecule has 1 atom stereocenters. The standard InChI is InChI=1S/C10H8FN5S/c1-7(6-12)17-10-13-14-15-16(10)9-4-2-3-8(11)5-9/h2-5,7H,1H3/t7-/m0/s1. The summed E-state index contributed by atoms with van der Waals surface area (Å²) >= 11 is 1.22. The Hall–Kier alpha value is -1.94. The summed E-state index contributed by atoms with van der Waals surface area (Å²) in [6, 6.07) is 8.02. The van der Waals surface area contributed by atoms with Crippen LogP contribution in [0, 0.1) is 17.1 Å². The van der Waals surface area contributed by atoms with Crippen molar-refractivity contribution in [1.29, 1.82) is 5.26 Å². The summed E-state index contributed by atoms with van der Waals surface area (Å²) in [5, 5.41) is 20.0. The van der Waals surface area contributed by atoms with Gasteiger partial charge < -0.3 is 0 Å². The molecule has 0 unspecified atom stereocenters. The van der Waals surface area contributed by atoms with Gasteiger partial charge in [0.2, 0.25) is 5.16 Å². The third-order valence-electron chi connectivity index (χ3n) is 1.96. The minimum atomic E-state index is -0.359. The molecule has 17 heavy (non-hydrogen) atoms. The highest BCUT2D eigenvalue weighted by molar-refractivity contribution is 8.00. The molecule has 1 aromatic heterocycles. The van der Waals surface area contributed by atoms with Gasteiger partial charge in [-0.2, -0.15) is 9.94 Å². The van der Waals surface area contributed by atoms with E-state index >= 15 is 0 Å². The van der Waals surface area contributed by atoms with Gasteiger partial charge in [0.1, 0.15) is 5.82 Å². The Morgan fingerprint density at radius 1 is 1.53 bits per heavy atom. The van der Waals surface area contributed by atoms with Crippen LogP contribution in [-0.2, 0) is 0 Å². The summed E-state index contributed by atoms with van der Waals surface area (Å²) < 4.78 is 14.5. The van der Waals surface area contributed by atoms with Crippen LogP contribution in [0.25, 0.3) is 5.69 Å². The zero-order valence-corrected chi connectivity index (χ0v) is 9.73. The maximum Gasteiger partial charge on any atom is 0.215 e. The number of hydrogen-bond acceptors (Lipinski definition) is 5. The zero-order valence-electron chi connectivity index (χ0n) is 8.91. The Morgan fingerprint density at radius 2 is 2.35 bits per heavy atom. The molecule has 0 aliphatic rings. The van der Waals surface area contributed by atoms with Gasteiger partial charge in [-0.3, -0.25) is 0 Å². The van der Waals surface area contributed by atoms with E-state index < -0.39 is 0 Å². The second kappa shape index (κ2) is 4.93. The van der Waals surface area contributed by atoms with E-state index in [2.05, 4.69) is 21.6 Å². The summed E-state index contributed by atoms with van der Waals surface area (Å²) in [6.07, 6.45) is 0. The van der Waals surface area contributed by atoms with Crippen LogP contribution in [-0.4, -0.2) is 25.5 Å². The maximum absolute atomic E-state index is 13.1. The van der Waals surface area contributed by atoms with Crippen LogP contribution in [0.4, 0.5) is 4.39 Å². The molecule has 5 nitrogen and oxygen atoms in total. The summed E-state index contributed by atoms with van der Waals surface area (Å²) in [5.74, 6) is -0.359. The molecule has 2 rings (SSSR count). The van der Waals surface area contributed by atoms with Crippen LogP contribution in [0.2, 0.25) is 0 Å². The number of hydrogen-bond donors (Lipinski definition) is 0. The van der Waals surface area contributed by atoms with Crippen LogP contribution < -0.4 is 0 Å².